The van der Waals surface area contributed by atoms with Crippen molar-refractivity contribution in [2.45, 2.75) is 13.3 Å². The molecule has 111 heavy (non-hydrogen) atoms. The van der Waals surface area contributed by atoms with E-state index >= 15 is 0 Å². The number of hydrogen-bond acceptors (Lipinski definition) is 10. The second-order valence-corrected chi connectivity index (χ2v) is 27.1. The molecule has 0 aromatic heterocycles. The highest BCUT2D eigenvalue weighted by molar-refractivity contribution is 6.03. The molecule has 1 N–H and O–H groups in total. The smallest absolute Gasteiger partial charge is 0.119 e. The molecule has 0 amide bonds. The Morgan fingerprint density at radius 1 is 0.270 bits per heavy atom. The number of rotatable bonds is 24. The number of methoxy groups -OCH3 is 4. The van der Waals surface area contributed by atoms with Crippen LogP contribution in [0.15, 0.2) is 393 Å². The molecule has 0 saturated carbocycles. The van der Waals surface area contributed by atoms with Gasteiger partial charge in [-0.25, -0.2) is 0 Å². The number of anilines is 14. The van der Waals surface area contributed by atoms with Gasteiger partial charge in [-0.15, -0.1) is 0 Å². The Balaban J connectivity index is 0.733. The number of aryl methyl sites for hydroxylation is 1. The molecule has 0 bridgehead atoms. The topological polar surface area (TPSA) is 74.3 Å². The van der Waals surface area contributed by atoms with Gasteiger partial charge in [-0.3, -0.25) is 4.99 Å². The average molecular weight is 1440 g/mol. The lowest BCUT2D eigenvalue weighted by atomic mass is 9.90. The van der Waals surface area contributed by atoms with Gasteiger partial charge >= 0.3 is 0 Å². The van der Waals surface area contributed by atoms with Gasteiger partial charge in [0.1, 0.15) is 23.0 Å². The summed E-state index contributed by atoms with van der Waals surface area (Å²) < 4.78 is 22.0. The van der Waals surface area contributed by atoms with Crippen LogP contribution >= 0.6 is 0 Å². The highest BCUT2D eigenvalue weighted by atomic mass is 16.5. The number of nitrogens with zero attached hydrogens (tertiary/aromatic N) is 5. The molecule has 0 fully saturated rings. The maximum atomic E-state index is 5.56. The molecule has 16 rings (SSSR count). The van der Waals surface area contributed by atoms with Crippen molar-refractivity contribution in [2.24, 2.45) is 4.99 Å². The van der Waals surface area contributed by atoms with Crippen LogP contribution in [0.2, 0.25) is 0 Å². The fraction of sp³-hybridized carbons (Fsp3) is 0.0594. The van der Waals surface area contributed by atoms with Crippen LogP contribution in [-0.4, -0.2) is 34.2 Å². The molecule has 15 aromatic rings. The number of benzene rings is 15. The van der Waals surface area contributed by atoms with Crippen LogP contribution in [0.3, 0.4) is 0 Å². The Kier molecular flexibility index (Phi) is 21.0. The van der Waals surface area contributed by atoms with E-state index in [1.165, 1.54) is 0 Å². The van der Waals surface area contributed by atoms with Crippen LogP contribution in [-0.2, 0) is 0 Å². The third-order valence-corrected chi connectivity index (χ3v) is 20.3. The van der Waals surface area contributed by atoms with Crippen molar-refractivity contribution in [1.29, 1.82) is 0 Å². The quantitative estimate of drug-likeness (QED) is 0.0637. The van der Waals surface area contributed by atoms with Gasteiger partial charge in [0.25, 0.3) is 0 Å². The number of allylic oxidation sites excluding steroid dienone is 4. The van der Waals surface area contributed by atoms with E-state index in [1.807, 2.05) is 72.8 Å². The Labute approximate surface area is 650 Å². The lowest BCUT2D eigenvalue weighted by Crippen LogP contribution is -2.10. The molecule has 0 aliphatic heterocycles. The van der Waals surface area contributed by atoms with Crippen LogP contribution in [0.4, 0.5) is 85.3 Å². The lowest BCUT2D eigenvalue weighted by molar-refractivity contribution is 0.414. The summed E-state index contributed by atoms with van der Waals surface area (Å²) >= 11 is 0. The Morgan fingerprint density at radius 2 is 0.559 bits per heavy atom. The number of nitrogens with one attached hydrogen (secondary N) is 1. The molecule has 0 radical (unpaired) electrons. The first-order chi connectivity index (χ1) is 54.7. The maximum absolute atomic E-state index is 5.56. The van der Waals surface area contributed by atoms with Crippen LogP contribution in [0.1, 0.15) is 17.5 Å². The summed E-state index contributed by atoms with van der Waals surface area (Å²) in [6.45, 7) is 2.20. The van der Waals surface area contributed by atoms with E-state index in [9.17, 15) is 0 Å². The standard InChI is InChI=1S/C101H82N6O4/c1-71-21-22-78(76-23-36-80(37-24-76)102-81-40-60-95(108-2)61-41-81)69-99(71)100-70-79(77-33-50-88(51-34-77)106(85-19-13-8-14-20-85)94-58-66-98(111-5)67-59-94)35-68-101(100)103-82-38-52-91(53-39-82)107(89-46-29-74(30-47-89)72-25-42-86(43-26-72)104(83-15-9-6-10-16-83)92-54-62-96(109-3)63-55-92)90-48-31-75(32-49-90)73-27-44-87(45-28-73)105(84-17-11-7-12-18-84)93-56-64-97(110-4)65-57-93/h6-36,38-70,103H,37H2,1-5H3. The molecule has 1 aliphatic rings. The van der Waals surface area contributed by atoms with Crippen LogP contribution < -0.4 is 43.9 Å². The zero-order valence-electron chi connectivity index (χ0n) is 62.5. The van der Waals surface area contributed by atoms with Gasteiger partial charge in [0.15, 0.2) is 0 Å². The zero-order chi connectivity index (χ0) is 75.4. The number of hydrogen-bond donors (Lipinski definition) is 1. The highest BCUT2D eigenvalue weighted by Gasteiger charge is 2.21. The minimum Gasteiger partial charge on any atom is -0.497 e. The van der Waals surface area contributed by atoms with Gasteiger partial charge in [0.05, 0.1) is 34.1 Å². The van der Waals surface area contributed by atoms with E-state index in [-0.39, 0.29) is 0 Å². The van der Waals surface area contributed by atoms with Crippen LogP contribution in [0.5, 0.6) is 23.0 Å². The van der Waals surface area contributed by atoms with Crippen LogP contribution in [0, 0.1) is 6.92 Å². The van der Waals surface area contributed by atoms with E-state index in [0.29, 0.717) is 6.42 Å². The van der Waals surface area contributed by atoms with E-state index < -0.39 is 0 Å². The lowest BCUT2D eigenvalue weighted by Gasteiger charge is -2.27. The molecule has 0 atom stereocenters. The third kappa shape index (κ3) is 15.9. The molecule has 1 aliphatic carbocycles. The number of aliphatic imine (C=N–C) groups is 1. The van der Waals surface area contributed by atoms with E-state index in [0.717, 1.165) is 175 Å². The normalized spacial score (nSPS) is 12.0. The summed E-state index contributed by atoms with van der Waals surface area (Å²) in [5.41, 5.74) is 28.5. The summed E-state index contributed by atoms with van der Waals surface area (Å²) in [6.07, 6.45) is 7.30. The average Bonchev–Trinajstić information content (AvgIpc) is 0.789. The molecule has 0 heterocycles. The molecule has 0 unspecified atom stereocenters. The highest BCUT2D eigenvalue weighted by Crippen LogP contribution is 2.45. The minimum atomic E-state index is 0.705. The fourth-order valence-corrected chi connectivity index (χ4v) is 14.4. The van der Waals surface area contributed by atoms with Crippen molar-refractivity contribution in [2.75, 3.05) is 53.4 Å². The van der Waals surface area contributed by atoms with Crippen molar-refractivity contribution < 1.29 is 18.9 Å². The van der Waals surface area contributed by atoms with Gasteiger partial charge in [-0.05, 0) is 305 Å². The molecular formula is C101H82N6O4. The minimum absolute atomic E-state index is 0.705. The summed E-state index contributed by atoms with van der Waals surface area (Å²) in [4.78, 5) is 14.1. The first-order valence-corrected chi connectivity index (χ1v) is 37.2. The Bertz CT molecular complexity index is 5570. The van der Waals surface area contributed by atoms with Crippen molar-refractivity contribution >= 4 is 96.6 Å². The van der Waals surface area contributed by atoms with Gasteiger partial charge < -0.3 is 43.9 Å². The van der Waals surface area contributed by atoms with E-state index in [1.54, 1.807) is 28.4 Å². The third-order valence-electron chi connectivity index (χ3n) is 20.3. The predicted molar refractivity (Wildman–Crippen MR) is 463 cm³/mol. The number of para-hydroxylation sites is 3. The first kappa shape index (κ1) is 70.9. The second-order valence-electron chi connectivity index (χ2n) is 27.1. The van der Waals surface area contributed by atoms with Gasteiger partial charge in [0, 0.05) is 97.3 Å². The molecule has 0 saturated heterocycles. The molecular weight excluding hydrogens is 1360 g/mol. The molecule has 10 heteroatoms. The molecule has 0 spiro atoms. The van der Waals surface area contributed by atoms with Gasteiger partial charge in [-0.2, -0.15) is 0 Å². The van der Waals surface area contributed by atoms with Gasteiger partial charge in [-0.1, -0.05) is 146 Å². The Morgan fingerprint density at radius 3 is 0.892 bits per heavy atom. The molecule has 15 aromatic carbocycles. The van der Waals surface area contributed by atoms with Crippen molar-refractivity contribution in [3.05, 3.63) is 399 Å². The SMILES string of the molecule is COc1ccc(N=C2C=CC(c3ccc(C)c(-c4cc(-c5ccc(N(c6ccccc6)c6ccc(OC)cc6)cc5)ccc4Nc4ccc(N(c5ccc(-c6ccc(N(c7ccccc7)c7ccc(OC)cc7)cc6)cc5)c5ccc(-c6ccc(N(c7ccccc7)c7ccc(OC)cc7)cc6)cc5)cc4)c3)=CC2)cc1. The van der Waals surface area contributed by atoms with Gasteiger partial charge in [0.2, 0.25) is 0 Å². The molecule has 10 nitrogen and oxygen atoms in total. The predicted octanol–water partition coefficient (Wildman–Crippen LogP) is 27.4. The summed E-state index contributed by atoms with van der Waals surface area (Å²) in [5, 5.41) is 3.94. The van der Waals surface area contributed by atoms with E-state index in [4.69, 9.17) is 23.9 Å². The van der Waals surface area contributed by atoms with Crippen molar-refractivity contribution in [1.82, 2.24) is 0 Å². The molecule has 540 valence electrons. The summed E-state index contributed by atoms with van der Waals surface area (Å²) in [6, 6.07) is 131. The zero-order valence-corrected chi connectivity index (χ0v) is 62.5. The number of ether oxygens (including phenoxy) is 4. The van der Waals surface area contributed by atoms with Crippen LogP contribution in [0.25, 0.3) is 50.1 Å². The van der Waals surface area contributed by atoms with Crippen molar-refractivity contribution in [3.63, 3.8) is 0 Å². The summed E-state index contributed by atoms with van der Waals surface area (Å²) in [5.74, 6) is 3.24. The second kappa shape index (κ2) is 32.8. The Hall–Kier alpha value is -14.4. The van der Waals surface area contributed by atoms with E-state index in [2.05, 4.69) is 347 Å². The largest absolute Gasteiger partial charge is 0.497 e. The first-order valence-electron chi connectivity index (χ1n) is 37.2. The van der Waals surface area contributed by atoms with Crippen molar-refractivity contribution in [3.8, 4) is 67.5 Å². The fourth-order valence-electron chi connectivity index (χ4n) is 14.4. The maximum Gasteiger partial charge on any atom is 0.119 e. The summed E-state index contributed by atoms with van der Waals surface area (Å²) in [7, 11) is 6.77. The monoisotopic (exact) mass is 1440 g/mol.